The van der Waals surface area contributed by atoms with Crippen LogP contribution in [0.2, 0.25) is 0 Å². The molecule has 7 nitrogen and oxygen atoms in total. The van der Waals surface area contributed by atoms with Crippen LogP contribution in [0.15, 0.2) is 24.3 Å². The van der Waals surface area contributed by atoms with E-state index in [1.54, 1.807) is 6.92 Å². The Morgan fingerprint density at radius 1 is 1.22 bits per heavy atom. The number of hydrogen-bond acceptors (Lipinski definition) is 6. The first-order valence-electron chi connectivity index (χ1n) is 11.8. The van der Waals surface area contributed by atoms with Crippen molar-refractivity contribution >= 4 is 15.9 Å². The number of carbonyl (C=O) groups excluding carboxylic acids is 1. The predicted octanol–water partition coefficient (Wildman–Crippen LogP) is 4.76. The first kappa shape index (κ1) is 26.5. The maximum Gasteiger partial charge on any atom is 0.411 e. The third kappa shape index (κ3) is 9.36. The van der Waals surface area contributed by atoms with Gasteiger partial charge < -0.3 is 14.2 Å². The molecule has 1 aromatic rings. The fourth-order valence-electron chi connectivity index (χ4n) is 3.90. The van der Waals surface area contributed by atoms with Gasteiger partial charge in [0, 0.05) is 13.2 Å². The van der Waals surface area contributed by atoms with Crippen molar-refractivity contribution in [2.75, 3.05) is 38.0 Å². The summed E-state index contributed by atoms with van der Waals surface area (Å²) in [6.07, 6.45) is 5.66. The van der Waals surface area contributed by atoms with E-state index in [4.69, 9.17) is 14.2 Å². The Morgan fingerprint density at radius 3 is 2.66 bits per heavy atom. The van der Waals surface area contributed by atoms with E-state index in [1.807, 2.05) is 38.1 Å². The van der Waals surface area contributed by atoms with E-state index >= 15 is 0 Å². The highest BCUT2D eigenvalue weighted by atomic mass is 32.2. The highest BCUT2D eigenvalue weighted by molar-refractivity contribution is 7.91. The lowest BCUT2D eigenvalue weighted by molar-refractivity contribution is 0.0211. The SMILES string of the molecule is CCCN(COCCCS(=O)(=O)C[C@H](C)c1cccc(OC2CCCC2)c1)C(=O)OCC. The number of hydrogen-bond donors (Lipinski definition) is 0. The maximum atomic E-state index is 12.6. The van der Waals surface area contributed by atoms with Gasteiger partial charge in [-0.2, -0.15) is 0 Å². The Labute approximate surface area is 193 Å². The van der Waals surface area contributed by atoms with Crippen molar-refractivity contribution < 1.29 is 27.4 Å². The zero-order valence-corrected chi connectivity index (χ0v) is 20.6. The Balaban J connectivity index is 1.76. The molecule has 0 heterocycles. The average Bonchev–Trinajstić information content (AvgIpc) is 3.25. The Bertz CT molecular complexity index is 791. The van der Waals surface area contributed by atoms with Gasteiger partial charge in [-0.25, -0.2) is 13.2 Å². The van der Waals surface area contributed by atoms with Gasteiger partial charge in [-0.1, -0.05) is 26.0 Å². The van der Waals surface area contributed by atoms with Crippen molar-refractivity contribution in [1.29, 1.82) is 0 Å². The second kappa shape index (κ2) is 13.7. The van der Waals surface area contributed by atoms with Crippen LogP contribution in [-0.4, -0.2) is 63.5 Å². The summed E-state index contributed by atoms with van der Waals surface area (Å²) in [5.74, 6) is 0.857. The predicted molar refractivity (Wildman–Crippen MR) is 126 cm³/mol. The van der Waals surface area contributed by atoms with Crippen LogP contribution >= 0.6 is 0 Å². The normalized spacial score (nSPS) is 15.5. The van der Waals surface area contributed by atoms with Gasteiger partial charge in [0.2, 0.25) is 0 Å². The molecule has 8 heteroatoms. The zero-order chi connectivity index (χ0) is 23.4. The van der Waals surface area contributed by atoms with Crippen molar-refractivity contribution in [2.24, 2.45) is 0 Å². The maximum absolute atomic E-state index is 12.6. The summed E-state index contributed by atoms with van der Waals surface area (Å²) < 4.78 is 41.8. The lowest BCUT2D eigenvalue weighted by atomic mass is 10.0. The van der Waals surface area contributed by atoms with Gasteiger partial charge in [0.1, 0.15) is 12.5 Å². The van der Waals surface area contributed by atoms with Gasteiger partial charge in [0.15, 0.2) is 9.84 Å². The largest absolute Gasteiger partial charge is 0.490 e. The summed E-state index contributed by atoms with van der Waals surface area (Å²) >= 11 is 0. The number of carbonyl (C=O) groups is 1. The summed E-state index contributed by atoms with van der Waals surface area (Å²) in [7, 11) is -3.23. The quantitative estimate of drug-likeness (QED) is 0.289. The summed E-state index contributed by atoms with van der Waals surface area (Å²) in [5.41, 5.74) is 0.977. The molecule has 0 spiro atoms. The topological polar surface area (TPSA) is 82.1 Å². The average molecular weight is 470 g/mol. The van der Waals surface area contributed by atoms with Crippen LogP contribution in [0.3, 0.4) is 0 Å². The Hall–Kier alpha value is -1.80. The summed E-state index contributed by atoms with van der Waals surface area (Å²) in [6.45, 7) is 6.90. The van der Waals surface area contributed by atoms with E-state index in [1.165, 1.54) is 17.7 Å². The molecule has 2 rings (SSSR count). The molecular weight excluding hydrogens is 430 g/mol. The fourth-order valence-corrected chi connectivity index (χ4v) is 5.58. The molecule has 1 saturated carbocycles. The lowest BCUT2D eigenvalue weighted by Gasteiger charge is -2.21. The summed E-state index contributed by atoms with van der Waals surface area (Å²) in [6, 6.07) is 7.81. The molecule has 0 N–H and O–H groups in total. The number of benzene rings is 1. The number of sulfone groups is 1. The minimum absolute atomic E-state index is 0.0583. The molecule has 0 saturated heterocycles. The van der Waals surface area contributed by atoms with Gasteiger partial charge in [0.25, 0.3) is 0 Å². The van der Waals surface area contributed by atoms with Crippen LogP contribution in [0.5, 0.6) is 5.75 Å². The van der Waals surface area contributed by atoms with Crippen LogP contribution in [0, 0.1) is 0 Å². The van der Waals surface area contributed by atoms with E-state index in [0.29, 0.717) is 19.6 Å². The van der Waals surface area contributed by atoms with Crippen molar-refractivity contribution in [1.82, 2.24) is 4.90 Å². The highest BCUT2D eigenvalue weighted by Crippen LogP contribution is 2.27. The van der Waals surface area contributed by atoms with E-state index in [-0.39, 0.29) is 36.9 Å². The van der Waals surface area contributed by atoms with Crippen LogP contribution < -0.4 is 4.74 Å². The lowest BCUT2D eigenvalue weighted by Crippen LogP contribution is -2.34. The molecule has 1 atom stereocenters. The van der Waals surface area contributed by atoms with Crippen LogP contribution in [0.25, 0.3) is 0 Å². The van der Waals surface area contributed by atoms with Crippen molar-refractivity contribution in [2.45, 2.75) is 71.3 Å². The smallest absolute Gasteiger partial charge is 0.411 e. The number of nitrogens with zero attached hydrogens (tertiary/aromatic N) is 1. The van der Waals surface area contributed by atoms with Gasteiger partial charge in [-0.3, -0.25) is 4.90 Å². The molecule has 0 radical (unpaired) electrons. The summed E-state index contributed by atoms with van der Waals surface area (Å²) in [4.78, 5) is 13.3. The Morgan fingerprint density at radius 2 is 1.97 bits per heavy atom. The van der Waals surface area contributed by atoms with Crippen LogP contribution in [-0.2, 0) is 19.3 Å². The van der Waals surface area contributed by atoms with Gasteiger partial charge in [-0.15, -0.1) is 0 Å². The molecular formula is C24H39NO6S. The molecule has 1 aromatic carbocycles. The zero-order valence-electron chi connectivity index (χ0n) is 19.8. The van der Waals surface area contributed by atoms with Crippen LogP contribution in [0.4, 0.5) is 4.79 Å². The molecule has 0 unspecified atom stereocenters. The van der Waals surface area contributed by atoms with E-state index in [2.05, 4.69) is 0 Å². The molecule has 32 heavy (non-hydrogen) atoms. The third-order valence-corrected chi connectivity index (χ3v) is 7.47. The monoisotopic (exact) mass is 469 g/mol. The Kier molecular flexibility index (Phi) is 11.3. The first-order valence-corrected chi connectivity index (χ1v) is 13.6. The van der Waals surface area contributed by atoms with E-state index in [9.17, 15) is 13.2 Å². The van der Waals surface area contributed by atoms with Crippen molar-refractivity contribution in [3.63, 3.8) is 0 Å². The van der Waals surface area contributed by atoms with Crippen molar-refractivity contribution in [3.05, 3.63) is 29.8 Å². The molecule has 0 bridgehead atoms. The highest BCUT2D eigenvalue weighted by Gasteiger charge is 2.20. The van der Waals surface area contributed by atoms with Crippen molar-refractivity contribution in [3.8, 4) is 5.75 Å². The van der Waals surface area contributed by atoms with Gasteiger partial charge >= 0.3 is 6.09 Å². The third-order valence-electron chi connectivity index (χ3n) is 5.55. The number of ether oxygens (including phenoxy) is 3. The molecule has 182 valence electrons. The van der Waals surface area contributed by atoms with Gasteiger partial charge in [0.05, 0.1) is 24.2 Å². The molecule has 0 aliphatic heterocycles. The molecule has 1 fully saturated rings. The number of rotatable bonds is 14. The summed E-state index contributed by atoms with van der Waals surface area (Å²) in [5, 5.41) is 0. The fraction of sp³-hybridized carbons (Fsp3) is 0.708. The molecule has 1 aliphatic rings. The van der Waals surface area contributed by atoms with E-state index < -0.39 is 15.9 Å². The van der Waals surface area contributed by atoms with Gasteiger partial charge in [-0.05, 0) is 69.1 Å². The minimum Gasteiger partial charge on any atom is -0.490 e. The molecule has 1 aliphatic carbocycles. The standard InChI is InChI=1S/C24H39NO6S/c1-4-14-25(24(26)30-5-2)19-29-15-9-16-32(27,28)18-20(3)21-10-8-13-23(17-21)31-22-11-6-7-12-22/h8,10,13,17,20,22H,4-7,9,11-12,14-16,18-19H2,1-3H3/t20-/m0/s1. The second-order valence-electron chi connectivity index (χ2n) is 8.47. The second-order valence-corrected chi connectivity index (χ2v) is 10.7. The molecule has 0 aromatic heterocycles. The number of amides is 1. The van der Waals surface area contributed by atoms with E-state index in [0.717, 1.165) is 30.6 Å². The molecule has 1 amide bonds. The minimum atomic E-state index is -3.23. The van der Waals surface area contributed by atoms with Crippen LogP contribution in [0.1, 0.15) is 70.8 Å². The first-order chi connectivity index (χ1) is 15.3.